The molecule has 0 aliphatic heterocycles. The Kier molecular flexibility index (Phi) is 8.02. The van der Waals surface area contributed by atoms with Gasteiger partial charge in [-0.3, -0.25) is 9.59 Å². The van der Waals surface area contributed by atoms with Gasteiger partial charge >= 0.3 is 6.09 Å². The van der Waals surface area contributed by atoms with Gasteiger partial charge in [0.05, 0.1) is 0 Å². The molecule has 0 bridgehead atoms. The van der Waals surface area contributed by atoms with Gasteiger partial charge in [-0.1, -0.05) is 42.5 Å². The summed E-state index contributed by atoms with van der Waals surface area (Å²) in [4.78, 5) is 39.6. The van der Waals surface area contributed by atoms with Crippen LogP contribution in [0.2, 0.25) is 0 Å². The van der Waals surface area contributed by atoms with Crippen LogP contribution in [0.25, 0.3) is 0 Å². The van der Waals surface area contributed by atoms with Crippen LogP contribution in [0.5, 0.6) is 0 Å². The molecule has 7 nitrogen and oxygen atoms in total. The van der Waals surface area contributed by atoms with Crippen LogP contribution in [0.15, 0.2) is 42.5 Å². The van der Waals surface area contributed by atoms with Crippen LogP contribution in [0, 0.1) is 20.8 Å². The Balaban J connectivity index is 2.27. The Morgan fingerprint density at radius 2 is 1.50 bits per heavy atom. The normalized spacial score (nSPS) is 12.0. The quantitative estimate of drug-likeness (QED) is 0.703. The van der Waals surface area contributed by atoms with Crippen LogP contribution in [0.4, 0.5) is 10.5 Å². The van der Waals surface area contributed by atoms with Gasteiger partial charge < -0.3 is 20.3 Å². The fraction of sp³-hybridized carbons (Fsp3) is 0.400. The number of carbonyl (C=O) groups excluding carboxylic acids is 3. The van der Waals surface area contributed by atoms with Crippen molar-refractivity contribution in [2.24, 2.45) is 0 Å². The summed E-state index contributed by atoms with van der Waals surface area (Å²) in [7, 11) is 1.56. The van der Waals surface area contributed by atoms with Gasteiger partial charge in [-0.2, -0.15) is 0 Å². The minimum Gasteiger partial charge on any atom is -0.444 e. The molecule has 2 N–H and O–H groups in total. The molecule has 0 aromatic heterocycles. The second kappa shape index (κ2) is 10.3. The lowest BCUT2D eigenvalue weighted by atomic mass is 9.98. The first-order chi connectivity index (χ1) is 14.9. The van der Waals surface area contributed by atoms with Gasteiger partial charge in [0.2, 0.25) is 5.91 Å². The molecule has 0 aliphatic carbocycles. The van der Waals surface area contributed by atoms with E-state index < -0.39 is 23.6 Å². The molecule has 0 saturated carbocycles. The van der Waals surface area contributed by atoms with Crippen LogP contribution in [-0.2, 0) is 14.3 Å². The van der Waals surface area contributed by atoms with Gasteiger partial charge in [-0.25, -0.2) is 4.79 Å². The summed E-state index contributed by atoms with van der Waals surface area (Å²) in [6, 6.07) is 12.3. The zero-order chi connectivity index (χ0) is 24.1. The molecule has 0 heterocycles. The Bertz CT molecular complexity index is 975. The SMILES string of the molecule is Cc1ccccc1C(C(=O)Nc1c(C)cccc1C)N(C)C(=O)CNC(=O)OC(C)(C)C. The number of anilines is 1. The standard InChI is InChI=1S/C25H33N3O4/c1-16-11-8-9-14-19(16)22(23(30)27-21-17(2)12-10-13-18(21)3)28(7)20(29)15-26-24(31)32-25(4,5)6/h8-14,22H,15H2,1-7H3,(H,26,31)(H,27,30). The number of hydrogen-bond donors (Lipinski definition) is 2. The van der Waals surface area contributed by atoms with E-state index in [4.69, 9.17) is 4.74 Å². The molecule has 32 heavy (non-hydrogen) atoms. The first-order valence-corrected chi connectivity index (χ1v) is 10.6. The summed E-state index contributed by atoms with van der Waals surface area (Å²) in [5.74, 6) is -0.745. The largest absolute Gasteiger partial charge is 0.444 e. The second-order valence-corrected chi connectivity index (χ2v) is 8.88. The fourth-order valence-electron chi connectivity index (χ4n) is 3.35. The molecule has 7 heteroatoms. The van der Waals surface area contributed by atoms with Gasteiger partial charge in [0.1, 0.15) is 18.2 Å². The maximum atomic E-state index is 13.4. The van der Waals surface area contributed by atoms with Crippen molar-refractivity contribution in [1.29, 1.82) is 0 Å². The van der Waals surface area contributed by atoms with Crippen molar-refractivity contribution < 1.29 is 19.1 Å². The summed E-state index contributed by atoms with van der Waals surface area (Å²) in [6.45, 7) is 10.7. The molecule has 0 fully saturated rings. The molecule has 0 radical (unpaired) electrons. The molecule has 1 atom stereocenters. The van der Waals surface area contributed by atoms with Gasteiger partial charge in [-0.15, -0.1) is 0 Å². The summed E-state index contributed by atoms with van der Waals surface area (Å²) in [5.41, 5.74) is 3.51. The number of alkyl carbamates (subject to hydrolysis) is 1. The Morgan fingerprint density at radius 1 is 0.938 bits per heavy atom. The molecule has 0 spiro atoms. The molecule has 172 valence electrons. The Hall–Kier alpha value is -3.35. The Labute approximate surface area is 190 Å². The minimum atomic E-state index is -0.872. The molecule has 3 amide bonds. The number of rotatable bonds is 6. The summed E-state index contributed by atoms with van der Waals surface area (Å²) in [6.07, 6.45) is -0.688. The van der Waals surface area contributed by atoms with Crippen LogP contribution in [0.1, 0.15) is 49.1 Å². The van der Waals surface area contributed by atoms with Crippen LogP contribution < -0.4 is 10.6 Å². The topological polar surface area (TPSA) is 87.7 Å². The zero-order valence-electron chi connectivity index (χ0n) is 19.9. The van der Waals surface area contributed by atoms with E-state index in [0.717, 1.165) is 22.4 Å². The fourth-order valence-corrected chi connectivity index (χ4v) is 3.35. The molecule has 2 aromatic rings. The maximum absolute atomic E-state index is 13.4. The highest BCUT2D eigenvalue weighted by atomic mass is 16.6. The van der Waals surface area contributed by atoms with Crippen molar-refractivity contribution in [3.63, 3.8) is 0 Å². The second-order valence-electron chi connectivity index (χ2n) is 8.88. The first kappa shape index (κ1) is 24.9. The van der Waals surface area contributed by atoms with Crippen molar-refractivity contribution in [3.05, 3.63) is 64.7 Å². The van der Waals surface area contributed by atoms with E-state index >= 15 is 0 Å². The van der Waals surface area contributed by atoms with Crippen molar-refractivity contribution in [2.75, 3.05) is 18.9 Å². The van der Waals surface area contributed by atoms with Gasteiger partial charge in [0.15, 0.2) is 0 Å². The highest BCUT2D eigenvalue weighted by Gasteiger charge is 2.30. The molecular formula is C25H33N3O4. The lowest BCUT2D eigenvalue weighted by Crippen LogP contribution is -2.44. The third kappa shape index (κ3) is 6.57. The smallest absolute Gasteiger partial charge is 0.408 e. The lowest BCUT2D eigenvalue weighted by Gasteiger charge is -2.29. The van der Waals surface area contributed by atoms with Gasteiger partial charge in [-0.05, 0) is 63.8 Å². The molecule has 0 saturated heterocycles. The monoisotopic (exact) mass is 439 g/mol. The van der Waals surface area contributed by atoms with Crippen LogP contribution >= 0.6 is 0 Å². The molecule has 1 unspecified atom stereocenters. The average molecular weight is 440 g/mol. The number of amides is 3. The van der Waals surface area contributed by atoms with E-state index in [1.807, 2.05) is 63.2 Å². The molecular weight excluding hydrogens is 406 g/mol. The van der Waals surface area contributed by atoms with Crippen molar-refractivity contribution in [3.8, 4) is 0 Å². The van der Waals surface area contributed by atoms with E-state index in [1.165, 1.54) is 4.90 Å². The van der Waals surface area contributed by atoms with Crippen molar-refractivity contribution in [1.82, 2.24) is 10.2 Å². The maximum Gasteiger partial charge on any atom is 0.408 e. The number of carbonyl (C=O) groups is 3. The van der Waals surface area contributed by atoms with Crippen molar-refractivity contribution in [2.45, 2.75) is 53.2 Å². The number of ether oxygens (including phenoxy) is 1. The highest BCUT2D eigenvalue weighted by Crippen LogP contribution is 2.27. The third-order valence-corrected chi connectivity index (χ3v) is 5.02. The summed E-state index contributed by atoms with van der Waals surface area (Å²) >= 11 is 0. The van der Waals surface area contributed by atoms with E-state index in [9.17, 15) is 14.4 Å². The number of aryl methyl sites for hydroxylation is 3. The number of para-hydroxylation sites is 1. The van der Waals surface area contributed by atoms with E-state index in [2.05, 4.69) is 10.6 Å². The zero-order valence-corrected chi connectivity index (χ0v) is 19.9. The lowest BCUT2D eigenvalue weighted by molar-refractivity contribution is -0.136. The molecule has 2 aromatic carbocycles. The van der Waals surface area contributed by atoms with E-state index in [-0.39, 0.29) is 12.5 Å². The highest BCUT2D eigenvalue weighted by molar-refractivity contribution is 5.99. The number of likely N-dealkylation sites (N-methyl/N-ethyl adjacent to an activating group) is 1. The molecule has 0 aliphatic rings. The van der Waals surface area contributed by atoms with E-state index in [0.29, 0.717) is 5.56 Å². The molecule has 2 rings (SSSR count). The summed E-state index contributed by atoms with van der Waals surface area (Å²) in [5, 5.41) is 5.45. The van der Waals surface area contributed by atoms with Crippen molar-refractivity contribution >= 4 is 23.6 Å². The predicted octanol–water partition coefficient (Wildman–Crippen LogP) is 4.27. The van der Waals surface area contributed by atoms with Crippen LogP contribution in [0.3, 0.4) is 0 Å². The minimum absolute atomic E-state index is 0.287. The number of benzene rings is 2. The Morgan fingerprint density at radius 3 is 2.06 bits per heavy atom. The van der Waals surface area contributed by atoms with E-state index in [1.54, 1.807) is 27.8 Å². The van der Waals surface area contributed by atoms with Gasteiger partial charge in [0, 0.05) is 12.7 Å². The number of hydrogen-bond acceptors (Lipinski definition) is 4. The number of nitrogens with one attached hydrogen (secondary N) is 2. The third-order valence-electron chi connectivity index (χ3n) is 5.02. The average Bonchev–Trinajstić information content (AvgIpc) is 2.69. The van der Waals surface area contributed by atoms with Gasteiger partial charge in [0.25, 0.3) is 5.91 Å². The van der Waals surface area contributed by atoms with Crippen LogP contribution in [-0.4, -0.2) is 42.0 Å². The summed E-state index contributed by atoms with van der Waals surface area (Å²) < 4.78 is 5.18. The predicted molar refractivity (Wildman–Crippen MR) is 125 cm³/mol. The number of nitrogens with zero attached hydrogens (tertiary/aromatic N) is 1. The first-order valence-electron chi connectivity index (χ1n) is 10.6.